The van der Waals surface area contributed by atoms with Crippen molar-refractivity contribution in [2.24, 2.45) is 5.40 Å². The lowest BCUT2D eigenvalue weighted by molar-refractivity contribution is 0.162. The van der Waals surface area contributed by atoms with Crippen LogP contribution in [0.25, 0.3) is 0 Å². The van der Waals surface area contributed by atoms with Crippen LogP contribution in [0, 0.1) is 0 Å². The minimum Gasteiger partial charge on any atom is -0.406 e. The topological polar surface area (TPSA) is 35.2 Å². The van der Waals surface area contributed by atoms with Crippen molar-refractivity contribution in [2.75, 3.05) is 0 Å². The van der Waals surface area contributed by atoms with Crippen LogP contribution >= 0.6 is 0 Å². The fraction of sp³-hybridized carbons (Fsp3) is 1.00. The van der Waals surface area contributed by atoms with E-state index in [4.69, 9.17) is 9.83 Å². The molecule has 3 heteroatoms. The Kier molecular flexibility index (Phi) is 3.25. The molecule has 1 aliphatic rings. The molecule has 1 aliphatic carbocycles. The Balaban J connectivity index is 2.08. The molecule has 0 unspecified atom stereocenters. The van der Waals surface area contributed by atoms with Crippen LogP contribution in [0.2, 0.25) is 0 Å². The van der Waals surface area contributed by atoms with Crippen LogP contribution in [-0.4, -0.2) is 16.0 Å². The van der Waals surface area contributed by atoms with Gasteiger partial charge >= 0.3 is 0 Å². The highest BCUT2D eigenvalue weighted by Crippen LogP contribution is 2.19. The van der Waals surface area contributed by atoms with Crippen molar-refractivity contribution in [1.82, 2.24) is 0 Å². The van der Waals surface area contributed by atoms with Gasteiger partial charge in [0, 0.05) is 6.10 Å². The molecular formula is C6H15NOSi. The summed E-state index contributed by atoms with van der Waals surface area (Å²) in [4.78, 5) is 0. The normalized spacial score (nSPS) is 23.7. The molecule has 0 aromatic heterocycles. The maximum atomic E-state index is 5.40. The Morgan fingerprint density at radius 1 is 1.22 bits per heavy atom. The van der Waals surface area contributed by atoms with E-state index in [1.807, 2.05) is 0 Å². The summed E-state index contributed by atoms with van der Waals surface area (Å²) < 4.78 is 5.40. The highest BCUT2D eigenvalue weighted by molar-refractivity contribution is 6.22. The van der Waals surface area contributed by atoms with E-state index in [1.165, 1.54) is 32.1 Å². The van der Waals surface area contributed by atoms with Crippen molar-refractivity contribution in [3.63, 3.8) is 0 Å². The minimum atomic E-state index is -0.631. The van der Waals surface area contributed by atoms with E-state index in [0.717, 1.165) is 0 Å². The largest absolute Gasteiger partial charge is 0.406 e. The van der Waals surface area contributed by atoms with Crippen LogP contribution in [0.15, 0.2) is 0 Å². The first-order valence-corrected chi connectivity index (χ1v) is 5.14. The second kappa shape index (κ2) is 4.03. The molecule has 0 aliphatic heterocycles. The Morgan fingerprint density at radius 2 is 1.89 bits per heavy atom. The quantitative estimate of drug-likeness (QED) is 0.567. The van der Waals surface area contributed by atoms with E-state index in [1.54, 1.807) is 0 Å². The number of rotatable bonds is 2. The average Bonchev–Trinajstić information content (AvgIpc) is 1.91. The third-order valence-electron chi connectivity index (χ3n) is 1.88. The lowest BCUT2D eigenvalue weighted by Crippen LogP contribution is -2.22. The molecule has 0 bridgehead atoms. The fourth-order valence-electron chi connectivity index (χ4n) is 1.37. The molecule has 2 N–H and O–H groups in total. The van der Waals surface area contributed by atoms with E-state index in [9.17, 15) is 0 Å². The molecule has 1 fully saturated rings. The van der Waals surface area contributed by atoms with Gasteiger partial charge in [-0.25, -0.2) is 0 Å². The molecule has 0 spiro atoms. The van der Waals surface area contributed by atoms with Gasteiger partial charge in [-0.15, -0.1) is 0 Å². The zero-order chi connectivity index (χ0) is 6.53. The number of hydrogen-bond donors (Lipinski definition) is 1. The number of hydrogen-bond acceptors (Lipinski definition) is 2. The fourth-order valence-corrected chi connectivity index (χ4v) is 1.97. The van der Waals surface area contributed by atoms with Crippen molar-refractivity contribution < 1.29 is 4.43 Å². The van der Waals surface area contributed by atoms with Gasteiger partial charge in [0.15, 0.2) is 0 Å². The van der Waals surface area contributed by atoms with Gasteiger partial charge in [0.2, 0.25) is 9.92 Å². The summed E-state index contributed by atoms with van der Waals surface area (Å²) in [6.07, 6.45) is 7.13. The van der Waals surface area contributed by atoms with Crippen molar-refractivity contribution in [2.45, 2.75) is 38.2 Å². The second-order valence-corrected chi connectivity index (χ2v) is 3.26. The molecular weight excluding hydrogens is 130 g/mol. The van der Waals surface area contributed by atoms with E-state index < -0.39 is 9.92 Å². The summed E-state index contributed by atoms with van der Waals surface area (Å²) in [5.74, 6) is 0. The van der Waals surface area contributed by atoms with E-state index in [2.05, 4.69) is 0 Å². The van der Waals surface area contributed by atoms with Crippen LogP contribution < -0.4 is 5.40 Å². The molecule has 0 amide bonds. The first-order chi connectivity index (χ1) is 4.43. The molecule has 0 heterocycles. The zero-order valence-electron chi connectivity index (χ0n) is 5.81. The molecule has 1 rings (SSSR count). The highest BCUT2D eigenvalue weighted by Gasteiger charge is 2.11. The van der Waals surface area contributed by atoms with Crippen LogP contribution in [0.5, 0.6) is 0 Å². The van der Waals surface area contributed by atoms with Gasteiger partial charge in [0.25, 0.3) is 0 Å². The van der Waals surface area contributed by atoms with E-state index >= 15 is 0 Å². The maximum absolute atomic E-state index is 5.40. The summed E-state index contributed by atoms with van der Waals surface area (Å²) in [5, 5.41) is 5.38. The van der Waals surface area contributed by atoms with E-state index in [-0.39, 0.29) is 0 Å². The zero-order valence-corrected chi connectivity index (χ0v) is 7.22. The highest BCUT2D eigenvalue weighted by atomic mass is 28.2. The van der Waals surface area contributed by atoms with Crippen molar-refractivity contribution in [3.05, 3.63) is 0 Å². The van der Waals surface area contributed by atoms with Crippen LogP contribution in [0.1, 0.15) is 32.1 Å². The third kappa shape index (κ3) is 2.47. The summed E-state index contributed by atoms with van der Waals surface area (Å²) >= 11 is 0. The van der Waals surface area contributed by atoms with Gasteiger partial charge in [0.1, 0.15) is 0 Å². The van der Waals surface area contributed by atoms with E-state index in [0.29, 0.717) is 6.10 Å². The lowest BCUT2D eigenvalue weighted by Gasteiger charge is -2.20. The van der Waals surface area contributed by atoms with Gasteiger partial charge in [0.05, 0.1) is 0 Å². The van der Waals surface area contributed by atoms with Crippen molar-refractivity contribution in [1.29, 1.82) is 0 Å². The molecule has 0 atom stereocenters. The molecule has 2 nitrogen and oxygen atoms in total. The lowest BCUT2D eigenvalue weighted by atomic mass is 9.98. The number of nitrogens with two attached hydrogens (primary N) is 1. The Morgan fingerprint density at radius 3 is 2.44 bits per heavy atom. The summed E-state index contributed by atoms with van der Waals surface area (Å²) in [5.41, 5.74) is 0. The summed E-state index contributed by atoms with van der Waals surface area (Å²) in [6, 6.07) is 0. The molecule has 0 aromatic carbocycles. The Labute approximate surface area is 58.8 Å². The predicted octanol–water partition coefficient (Wildman–Crippen LogP) is 0.293. The van der Waals surface area contributed by atoms with Gasteiger partial charge in [-0.1, -0.05) is 19.3 Å². The standard InChI is InChI=1S/C6H15NOSi/c7-9-8-6-4-2-1-3-5-6/h6H,1-5,7,9H2. The van der Waals surface area contributed by atoms with Gasteiger partial charge in [-0.2, -0.15) is 0 Å². The Hall–Kier alpha value is 0.137. The minimum absolute atomic E-state index is 0.537. The molecule has 54 valence electrons. The monoisotopic (exact) mass is 145 g/mol. The van der Waals surface area contributed by atoms with Gasteiger partial charge in [-0.05, 0) is 12.8 Å². The smallest absolute Gasteiger partial charge is 0.233 e. The van der Waals surface area contributed by atoms with Crippen molar-refractivity contribution >= 4 is 9.92 Å². The van der Waals surface area contributed by atoms with Crippen LogP contribution in [0.4, 0.5) is 0 Å². The van der Waals surface area contributed by atoms with Crippen molar-refractivity contribution in [3.8, 4) is 0 Å². The maximum Gasteiger partial charge on any atom is 0.233 e. The summed E-state index contributed by atoms with van der Waals surface area (Å²) in [7, 11) is -0.631. The SMILES string of the molecule is N[SiH2]OC1CCCCC1. The molecule has 0 aromatic rings. The Bertz CT molecular complexity index is 70.7. The first-order valence-electron chi connectivity index (χ1n) is 3.75. The average molecular weight is 145 g/mol. The second-order valence-electron chi connectivity index (χ2n) is 2.59. The first kappa shape index (κ1) is 7.25. The molecule has 1 saturated carbocycles. The molecule has 0 saturated heterocycles. The molecule has 0 radical (unpaired) electrons. The summed E-state index contributed by atoms with van der Waals surface area (Å²) in [6.45, 7) is 0. The van der Waals surface area contributed by atoms with Crippen LogP contribution in [-0.2, 0) is 4.43 Å². The van der Waals surface area contributed by atoms with Gasteiger partial charge < -0.3 is 9.83 Å². The third-order valence-corrected chi connectivity index (χ3v) is 2.55. The predicted molar refractivity (Wildman–Crippen MR) is 40.7 cm³/mol. The van der Waals surface area contributed by atoms with Crippen LogP contribution in [0.3, 0.4) is 0 Å². The molecule has 9 heavy (non-hydrogen) atoms. The van der Waals surface area contributed by atoms with Gasteiger partial charge in [-0.3, -0.25) is 0 Å².